The molecule has 3 aromatic carbocycles. The van der Waals surface area contributed by atoms with E-state index in [1.807, 2.05) is 42.6 Å². The first-order valence-electron chi connectivity index (χ1n) is 13.9. The standard InChI is InChI=1S/C32H29ClN4O5/c1-41-25-10-7-17(13-26(25)42-2)11-12-37-29(38)27-24(14-18-16-34-22-6-4-3-5-20(18)22)36-32(28(27)30(37)39)21-15-19(33)8-9-23(21)35-31(32)40/h3-10,13,15-16,24,27-28,34,36H,11-12,14H2,1-2H3,(H,35,40)/t24-,27+,28+,32+/m0/s1. The SMILES string of the molecule is COc1ccc(CCN2C(=O)[C@@H]3[C@H](Cc4c[nH]c5ccccc45)N[C@@]4(C(=O)Nc5ccc(Cl)cc54)[C@H]3C2=O)cc1OC. The van der Waals surface area contributed by atoms with Crippen molar-refractivity contribution in [3.05, 3.63) is 88.6 Å². The van der Waals surface area contributed by atoms with Gasteiger partial charge in [-0.05, 0) is 60.4 Å². The van der Waals surface area contributed by atoms with Crippen molar-refractivity contribution in [2.24, 2.45) is 11.8 Å². The van der Waals surface area contributed by atoms with E-state index in [-0.39, 0.29) is 24.3 Å². The molecule has 4 aromatic rings. The number of benzene rings is 3. The third kappa shape index (κ3) is 3.84. The molecule has 2 saturated heterocycles. The number of H-pyrrole nitrogens is 1. The van der Waals surface area contributed by atoms with Gasteiger partial charge in [-0.15, -0.1) is 0 Å². The summed E-state index contributed by atoms with van der Waals surface area (Å²) in [6.45, 7) is 0.181. The van der Waals surface area contributed by atoms with Crippen LogP contribution in [0.15, 0.2) is 66.9 Å². The van der Waals surface area contributed by atoms with Gasteiger partial charge in [0, 0.05) is 46.0 Å². The molecule has 42 heavy (non-hydrogen) atoms. The van der Waals surface area contributed by atoms with E-state index in [4.69, 9.17) is 21.1 Å². The number of para-hydroxylation sites is 1. The van der Waals surface area contributed by atoms with Gasteiger partial charge in [-0.2, -0.15) is 0 Å². The highest BCUT2D eigenvalue weighted by Crippen LogP contribution is 2.54. The molecular formula is C32H29ClN4O5. The summed E-state index contributed by atoms with van der Waals surface area (Å²) in [7, 11) is 3.13. The Kier molecular flexibility index (Phi) is 6.25. The Bertz CT molecular complexity index is 1770. The molecule has 0 radical (unpaired) electrons. The Morgan fingerprint density at radius 2 is 1.76 bits per heavy atom. The first kappa shape index (κ1) is 26.6. The number of aromatic nitrogens is 1. The molecule has 214 valence electrons. The van der Waals surface area contributed by atoms with Crippen molar-refractivity contribution in [1.29, 1.82) is 0 Å². The van der Waals surface area contributed by atoms with E-state index in [9.17, 15) is 14.4 Å². The molecule has 0 unspecified atom stereocenters. The van der Waals surface area contributed by atoms with E-state index in [1.165, 1.54) is 4.90 Å². The maximum absolute atomic E-state index is 14.2. The number of imide groups is 1. The van der Waals surface area contributed by atoms with Gasteiger partial charge in [0.05, 0.1) is 26.1 Å². The van der Waals surface area contributed by atoms with Crippen molar-refractivity contribution in [2.75, 3.05) is 26.1 Å². The molecule has 1 aromatic heterocycles. The number of anilines is 1. The molecule has 7 rings (SSSR count). The molecule has 2 fully saturated rings. The average Bonchev–Trinajstić information content (AvgIpc) is 3.71. The molecule has 9 nitrogen and oxygen atoms in total. The molecule has 4 heterocycles. The Balaban J connectivity index is 1.26. The first-order valence-corrected chi connectivity index (χ1v) is 14.2. The van der Waals surface area contributed by atoms with Crippen LogP contribution in [0.3, 0.4) is 0 Å². The summed E-state index contributed by atoms with van der Waals surface area (Å²) in [6, 6.07) is 18.2. The van der Waals surface area contributed by atoms with Crippen LogP contribution in [0.5, 0.6) is 11.5 Å². The van der Waals surface area contributed by atoms with Gasteiger partial charge in [0.1, 0.15) is 5.54 Å². The Labute approximate surface area is 247 Å². The number of carbonyl (C=O) groups excluding carboxylic acids is 3. The number of carbonyl (C=O) groups is 3. The van der Waals surface area contributed by atoms with Crippen LogP contribution < -0.4 is 20.1 Å². The normalized spacial score (nSPS) is 24.4. The van der Waals surface area contributed by atoms with Gasteiger partial charge >= 0.3 is 0 Å². The van der Waals surface area contributed by atoms with Gasteiger partial charge in [0.15, 0.2) is 11.5 Å². The fourth-order valence-corrected chi connectivity index (χ4v) is 7.22. The summed E-state index contributed by atoms with van der Waals surface area (Å²) in [5.41, 5.74) is 2.66. The summed E-state index contributed by atoms with van der Waals surface area (Å²) in [4.78, 5) is 46.8. The molecule has 3 aliphatic rings. The van der Waals surface area contributed by atoms with Gasteiger partial charge < -0.3 is 19.8 Å². The topological polar surface area (TPSA) is 113 Å². The molecule has 3 aliphatic heterocycles. The van der Waals surface area contributed by atoms with Gasteiger partial charge in [-0.1, -0.05) is 35.9 Å². The van der Waals surface area contributed by atoms with Crippen LogP contribution in [0.25, 0.3) is 10.9 Å². The van der Waals surface area contributed by atoms with Crippen LogP contribution in [-0.2, 0) is 32.8 Å². The van der Waals surface area contributed by atoms with Crippen molar-refractivity contribution < 1.29 is 23.9 Å². The average molecular weight is 585 g/mol. The van der Waals surface area contributed by atoms with Crippen LogP contribution in [0.2, 0.25) is 5.02 Å². The lowest BCUT2D eigenvalue weighted by atomic mass is 9.76. The van der Waals surface area contributed by atoms with Crippen LogP contribution in [0, 0.1) is 11.8 Å². The number of aromatic amines is 1. The Hall–Kier alpha value is -4.34. The minimum atomic E-state index is -1.41. The zero-order chi connectivity index (χ0) is 29.2. The fraction of sp³-hybridized carbons (Fsp3) is 0.281. The number of amides is 3. The number of halogens is 1. The lowest BCUT2D eigenvalue weighted by Gasteiger charge is -2.29. The van der Waals surface area contributed by atoms with E-state index in [0.29, 0.717) is 40.6 Å². The number of hydrogen-bond acceptors (Lipinski definition) is 6. The number of nitrogens with zero attached hydrogens (tertiary/aromatic N) is 1. The lowest BCUT2D eigenvalue weighted by Crippen LogP contribution is -2.53. The Morgan fingerprint density at radius 1 is 0.952 bits per heavy atom. The maximum atomic E-state index is 14.2. The van der Waals surface area contributed by atoms with E-state index in [1.54, 1.807) is 38.5 Å². The third-order valence-corrected chi connectivity index (χ3v) is 9.19. The number of rotatable bonds is 7. The van der Waals surface area contributed by atoms with Gasteiger partial charge in [0.25, 0.3) is 0 Å². The van der Waals surface area contributed by atoms with Crippen LogP contribution in [0.1, 0.15) is 16.7 Å². The predicted molar refractivity (Wildman–Crippen MR) is 158 cm³/mol. The van der Waals surface area contributed by atoms with Crippen molar-refractivity contribution in [1.82, 2.24) is 15.2 Å². The maximum Gasteiger partial charge on any atom is 0.250 e. The molecule has 0 aliphatic carbocycles. The lowest BCUT2D eigenvalue weighted by molar-refractivity contribution is -0.142. The minimum Gasteiger partial charge on any atom is -0.493 e. The quantitative estimate of drug-likeness (QED) is 0.283. The Morgan fingerprint density at radius 3 is 2.57 bits per heavy atom. The number of hydrogen-bond donors (Lipinski definition) is 3. The van der Waals surface area contributed by atoms with Crippen LogP contribution in [0.4, 0.5) is 5.69 Å². The molecule has 10 heteroatoms. The van der Waals surface area contributed by atoms with E-state index >= 15 is 0 Å². The van der Waals surface area contributed by atoms with Crippen molar-refractivity contribution in [2.45, 2.75) is 24.4 Å². The highest BCUT2D eigenvalue weighted by atomic mass is 35.5. The monoisotopic (exact) mass is 584 g/mol. The molecule has 3 N–H and O–H groups in total. The molecule has 0 bridgehead atoms. The second-order valence-corrected chi connectivity index (χ2v) is 11.5. The molecule has 0 saturated carbocycles. The summed E-state index contributed by atoms with van der Waals surface area (Å²) < 4.78 is 10.8. The summed E-state index contributed by atoms with van der Waals surface area (Å²) in [5.74, 6) is -1.45. The van der Waals surface area contributed by atoms with Gasteiger partial charge in [-0.3, -0.25) is 24.6 Å². The first-order chi connectivity index (χ1) is 20.3. The number of fused-ring (bicyclic) bond motifs is 5. The van der Waals surface area contributed by atoms with Crippen molar-refractivity contribution in [3.8, 4) is 11.5 Å². The molecule has 4 atom stereocenters. The second-order valence-electron chi connectivity index (χ2n) is 11.0. The van der Waals surface area contributed by atoms with Gasteiger partial charge in [-0.25, -0.2) is 0 Å². The summed E-state index contributed by atoms with van der Waals surface area (Å²) >= 11 is 6.40. The molecular weight excluding hydrogens is 556 g/mol. The van der Waals surface area contributed by atoms with Gasteiger partial charge in [0.2, 0.25) is 17.7 Å². The molecule has 3 amide bonds. The number of likely N-dealkylation sites (tertiary alicyclic amines) is 1. The highest BCUT2D eigenvalue weighted by molar-refractivity contribution is 6.31. The largest absolute Gasteiger partial charge is 0.493 e. The molecule has 1 spiro atoms. The zero-order valence-electron chi connectivity index (χ0n) is 23.1. The number of nitrogens with one attached hydrogen (secondary N) is 3. The van der Waals surface area contributed by atoms with E-state index in [0.717, 1.165) is 22.0 Å². The number of ether oxygens (including phenoxy) is 2. The van der Waals surface area contributed by atoms with Crippen LogP contribution in [-0.4, -0.2) is 54.4 Å². The summed E-state index contributed by atoms with van der Waals surface area (Å²) in [6.07, 6.45) is 2.82. The highest BCUT2D eigenvalue weighted by Gasteiger charge is 2.70. The zero-order valence-corrected chi connectivity index (χ0v) is 23.8. The number of methoxy groups -OCH3 is 2. The van der Waals surface area contributed by atoms with Crippen LogP contribution >= 0.6 is 11.6 Å². The van der Waals surface area contributed by atoms with Crippen molar-refractivity contribution in [3.63, 3.8) is 0 Å². The predicted octanol–water partition coefficient (Wildman–Crippen LogP) is 4.04. The third-order valence-electron chi connectivity index (χ3n) is 8.96. The van der Waals surface area contributed by atoms with Crippen molar-refractivity contribution >= 4 is 45.9 Å². The van der Waals surface area contributed by atoms with E-state index in [2.05, 4.69) is 15.6 Å². The van der Waals surface area contributed by atoms with E-state index < -0.39 is 23.4 Å². The minimum absolute atomic E-state index is 0.181. The fourth-order valence-electron chi connectivity index (χ4n) is 7.04. The second kappa shape index (κ2) is 9.89. The smallest absolute Gasteiger partial charge is 0.250 e. The summed E-state index contributed by atoms with van der Waals surface area (Å²) in [5, 5.41) is 7.93.